The van der Waals surface area contributed by atoms with Gasteiger partial charge in [-0.1, -0.05) is 13.8 Å². The van der Waals surface area contributed by atoms with Crippen molar-refractivity contribution in [1.82, 2.24) is 0 Å². The van der Waals surface area contributed by atoms with Crippen molar-refractivity contribution in [3.63, 3.8) is 0 Å². The summed E-state index contributed by atoms with van der Waals surface area (Å²) in [7, 11) is 0. The maximum absolute atomic E-state index is 12.7. The molecule has 1 N–H and O–H groups in total. The van der Waals surface area contributed by atoms with Gasteiger partial charge in [0.15, 0.2) is 0 Å². The fourth-order valence-corrected chi connectivity index (χ4v) is 0.789. The van der Waals surface area contributed by atoms with Crippen LogP contribution in [0.4, 0.5) is 8.78 Å². The van der Waals surface area contributed by atoms with Gasteiger partial charge in [0, 0.05) is 5.56 Å². The van der Waals surface area contributed by atoms with E-state index in [-0.39, 0.29) is 17.7 Å². The standard InChI is InChI=1S/C8H8F2O.C2H6/c1-5-7(9)2-6(4-11)3-8(5)10;1-2/h2-3,11H,4H2,1H3;1-2H3. The third kappa shape index (κ3) is 3.11. The van der Waals surface area contributed by atoms with E-state index in [1.165, 1.54) is 6.92 Å². The summed E-state index contributed by atoms with van der Waals surface area (Å²) >= 11 is 0. The lowest BCUT2D eigenvalue weighted by atomic mass is 10.1. The van der Waals surface area contributed by atoms with Crippen molar-refractivity contribution < 1.29 is 13.9 Å². The van der Waals surface area contributed by atoms with Gasteiger partial charge in [-0.05, 0) is 24.6 Å². The van der Waals surface area contributed by atoms with Crippen molar-refractivity contribution >= 4 is 0 Å². The van der Waals surface area contributed by atoms with E-state index in [0.717, 1.165) is 12.1 Å². The average Bonchev–Trinajstić information content (AvgIpc) is 2.16. The molecule has 1 nitrogen and oxygen atoms in total. The molecule has 1 aromatic rings. The van der Waals surface area contributed by atoms with E-state index >= 15 is 0 Å². The van der Waals surface area contributed by atoms with Crippen LogP contribution in [0.1, 0.15) is 25.0 Å². The van der Waals surface area contributed by atoms with Gasteiger partial charge in [0.05, 0.1) is 6.61 Å². The summed E-state index contributed by atoms with van der Waals surface area (Å²) in [6.07, 6.45) is 0. The Morgan fingerprint density at radius 3 is 1.85 bits per heavy atom. The molecule has 0 amide bonds. The first kappa shape index (κ1) is 12.0. The summed E-state index contributed by atoms with van der Waals surface area (Å²) < 4.78 is 25.4. The number of rotatable bonds is 1. The minimum absolute atomic E-state index is 0.0119. The molecule has 3 heteroatoms. The number of aliphatic hydroxyl groups excluding tert-OH is 1. The van der Waals surface area contributed by atoms with Gasteiger partial charge in [-0.2, -0.15) is 0 Å². The summed E-state index contributed by atoms with van der Waals surface area (Å²) in [5.41, 5.74) is 0.243. The van der Waals surface area contributed by atoms with Gasteiger partial charge in [-0.3, -0.25) is 0 Å². The normalized spacial score (nSPS) is 9.08. The summed E-state index contributed by atoms with van der Waals surface area (Å²) in [5, 5.41) is 8.54. The van der Waals surface area contributed by atoms with Crippen LogP contribution in [-0.2, 0) is 6.61 Å². The molecule has 0 saturated carbocycles. The molecule has 0 saturated heterocycles. The smallest absolute Gasteiger partial charge is 0.129 e. The minimum Gasteiger partial charge on any atom is -0.392 e. The quantitative estimate of drug-likeness (QED) is 0.718. The van der Waals surface area contributed by atoms with Crippen molar-refractivity contribution in [2.24, 2.45) is 0 Å². The van der Waals surface area contributed by atoms with Crippen molar-refractivity contribution in [1.29, 1.82) is 0 Å². The molecule has 0 aliphatic rings. The fourth-order valence-electron chi connectivity index (χ4n) is 0.789. The molecule has 0 bridgehead atoms. The van der Waals surface area contributed by atoms with Crippen LogP contribution in [0.15, 0.2) is 12.1 Å². The van der Waals surface area contributed by atoms with E-state index in [2.05, 4.69) is 0 Å². The monoisotopic (exact) mass is 188 g/mol. The number of hydrogen-bond acceptors (Lipinski definition) is 1. The predicted octanol–water partition coefficient (Wildman–Crippen LogP) is 2.79. The van der Waals surface area contributed by atoms with Crippen LogP contribution in [0.2, 0.25) is 0 Å². The van der Waals surface area contributed by atoms with Crippen LogP contribution in [0.25, 0.3) is 0 Å². The zero-order valence-electron chi connectivity index (χ0n) is 8.06. The Balaban J connectivity index is 0.000000671. The third-order valence-electron chi connectivity index (χ3n) is 1.52. The molecule has 0 aliphatic carbocycles. The first-order valence-electron chi connectivity index (χ1n) is 4.20. The molecule has 13 heavy (non-hydrogen) atoms. The SMILES string of the molecule is CC.Cc1c(F)cc(CO)cc1F. The summed E-state index contributed by atoms with van der Waals surface area (Å²) in [6, 6.07) is 2.25. The topological polar surface area (TPSA) is 20.2 Å². The van der Waals surface area contributed by atoms with Crippen LogP contribution in [0.3, 0.4) is 0 Å². The van der Waals surface area contributed by atoms with Crippen molar-refractivity contribution in [2.45, 2.75) is 27.4 Å². The molecule has 0 spiro atoms. The Kier molecular flexibility index (Phi) is 5.23. The van der Waals surface area contributed by atoms with Gasteiger partial charge < -0.3 is 5.11 Å². The zero-order valence-corrected chi connectivity index (χ0v) is 8.06. The highest BCUT2D eigenvalue weighted by Crippen LogP contribution is 2.13. The van der Waals surface area contributed by atoms with Gasteiger partial charge in [0.25, 0.3) is 0 Å². The second-order valence-corrected chi connectivity index (χ2v) is 2.34. The molecule has 0 aromatic heterocycles. The number of halogens is 2. The predicted molar refractivity (Wildman–Crippen MR) is 48.4 cm³/mol. The van der Waals surface area contributed by atoms with Gasteiger partial charge >= 0.3 is 0 Å². The van der Waals surface area contributed by atoms with Gasteiger partial charge in [-0.15, -0.1) is 0 Å². The first-order valence-corrected chi connectivity index (χ1v) is 4.20. The molecule has 0 aliphatic heterocycles. The molecule has 1 rings (SSSR count). The largest absolute Gasteiger partial charge is 0.392 e. The highest BCUT2D eigenvalue weighted by molar-refractivity contribution is 5.24. The molecule has 0 radical (unpaired) electrons. The Bertz CT molecular complexity index is 249. The van der Waals surface area contributed by atoms with Crippen molar-refractivity contribution in [2.75, 3.05) is 0 Å². The van der Waals surface area contributed by atoms with Crippen LogP contribution in [-0.4, -0.2) is 5.11 Å². The van der Waals surface area contributed by atoms with E-state index in [0.29, 0.717) is 0 Å². The summed E-state index contributed by atoms with van der Waals surface area (Å²) in [4.78, 5) is 0. The minimum atomic E-state index is -0.617. The van der Waals surface area contributed by atoms with Gasteiger partial charge in [-0.25, -0.2) is 8.78 Å². The first-order chi connectivity index (χ1) is 6.15. The molecule has 0 heterocycles. The fraction of sp³-hybridized carbons (Fsp3) is 0.400. The average molecular weight is 188 g/mol. The Morgan fingerprint density at radius 1 is 1.15 bits per heavy atom. The van der Waals surface area contributed by atoms with E-state index < -0.39 is 11.6 Å². The van der Waals surface area contributed by atoms with Gasteiger partial charge in [0.1, 0.15) is 11.6 Å². The van der Waals surface area contributed by atoms with Crippen LogP contribution in [0, 0.1) is 18.6 Å². The Labute approximate surface area is 77.0 Å². The molecule has 0 atom stereocenters. The Hall–Kier alpha value is -0.960. The highest BCUT2D eigenvalue weighted by atomic mass is 19.1. The third-order valence-corrected chi connectivity index (χ3v) is 1.52. The summed E-state index contributed by atoms with van der Waals surface area (Å²) in [6.45, 7) is 5.01. The van der Waals surface area contributed by atoms with E-state index in [1.54, 1.807) is 0 Å². The lowest BCUT2D eigenvalue weighted by Gasteiger charge is -2.00. The summed E-state index contributed by atoms with van der Waals surface area (Å²) in [5.74, 6) is -1.23. The molecular formula is C10H14F2O. The maximum Gasteiger partial charge on any atom is 0.129 e. The number of hydrogen-bond donors (Lipinski definition) is 1. The Morgan fingerprint density at radius 2 is 1.54 bits per heavy atom. The van der Waals surface area contributed by atoms with E-state index in [1.807, 2.05) is 13.8 Å². The van der Waals surface area contributed by atoms with Crippen LogP contribution < -0.4 is 0 Å². The van der Waals surface area contributed by atoms with Crippen molar-refractivity contribution in [3.05, 3.63) is 34.9 Å². The molecule has 0 unspecified atom stereocenters. The highest BCUT2D eigenvalue weighted by Gasteiger charge is 2.05. The van der Waals surface area contributed by atoms with E-state index in [4.69, 9.17) is 5.11 Å². The molecule has 74 valence electrons. The van der Waals surface area contributed by atoms with Crippen LogP contribution in [0.5, 0.6) is 0 Å². The lowest BCUT2D eigenvalue weighted by Crippen LogP contribution is -1.92. The lowest BCUT2D eigenvalue weighted by molar-refractivity contribution is 0.280. The van der Waals surface area contributed by atoms with E-state index in [9.17, 15) is 8.78 Å². The molecule has 0 fully saturated rings. The maximum atomic E-state index is 12.7. The van der Waals surface area contributed by atoms with Gasteiger partial charge in [0.2, 0.25) is 0 Å². The van der Waals surface area contributed by atoms with Crippen LogP contribution >= 0.6 is 0 Å². The van der Waals surface area contributed by atoms with Crippen molar-refractivity contribution in [3.8, 4) is 0 Å². The molecular weight excluding hydrogens is 174 g/mol. The zero-order chi connectivity index (χ0) is 10.4. The second-order valence-electron chi connectivity index (χ2n) is 2.34. The number of aliphatic hydroxyl groups is 1. The second kappa shape index (κ2) is 5.65. The molecule has 1 aromatic carbocycles. The number of benzene rings is 1.